The fourth-order valence-electron chi connectivity index (χ4n) is 2.37. The van der Waals surface area contributed by atoms with Crippen LogP contribution in [0.5, 0.6) is 0 Å². The molecule has 2 saturated heterocycles. The van der Waals surface area contributed by atoms with Crippen LogP contribution in [0.1, 0.15) is 12.8 Å². The van der Waals surface area contributed by atoms with Crippen LogP contribution >= 0.6 is 8.58 Å². The van der Waals surface area contributed by atoms with Gasteiger partial charge in [0.2, 0.25) is 0 Å². The Bertz CT molecular complexity index is 114. The molecule has 2 aliphatic heterocycles. The van der Waals surface area contributed by atoms with Gasteiger partial charge in [-0.15, -0.1) is 8.58 Å². The molecule has 0 aromatic rings. The van der Waals surface area contributed by atoms with E-state index in [0.29, 0.717) is 0 Å². The summed E-state index contributed by atoms with van der Waals surface area (Å²) in [6.07, 6.45) is 6.09. The summed E-state index contributed by atoms with van der Waals surface area (Å²) < 4.78 is 0. The van der Waals surface area contributed by atoms with E-state index in [0.717, 1.165) is 5.41 Å². The van der Waals surface area contributed by atoms with E-state index in [4.69, 9.17) is 0 Å². The lowest BCUT2D eigenvalue weighted by molar-refractivity contribution is 0.0146. The third-order valence-corrected chi connectivity index (χ3v) is 4.08. The fourth-order valence-corrected chi connectivity index (χ4v) is 4.04. The summed E-state index contributed by atoms with van der Waals surface area (Å²) >= 11 is 0. The topological polar surface area (TPSA) is 3.24 Å². The Hall–Kier alpha value is 0.390. The van der Waals surface area contributed by atoms with Gasteiger partial charge in [-0.25, -0.2) is 0 Å². The first-order valence-electron chi connectivity index (χ1n) is 4.20. The molecule has 0 radical (unpaired) electrons. The first kappa shape index (κ1) is 7.06. The quantitative estimate of drug-likeness (QED) is 0.480. The maximum Gasteiger partial charge on any atom is 0.00477 e. The summed E-state index contributed by atoms with van der Waals surface area (Å²) in [4.78, 5) is 2.45. The highest BCUT2D eigenvalue weighted by atomic mass is 31.1. The molecule has 1 spiro atoms. The van der Waals surface area contributed by atoms with E-state index < -0.39 is 0 Å². The maximum atomic E-state index is 2.45. The Labute approximate surface area is 65.0 Å². The Kier molecular flexibility index (Phi) is 1.74. The van der Waals surface area contributed by atoms with Crippen LogP contribution in [0.3, 0.4) is 0 Å². The highest BCUT2D eigenvalue weighted by Gasteiger charge is 2.41. The van der Waals surface area contributed by atoms with E-state index in [2.05, 4.69) is 11.9 Å². The number of hydrogen-bond acceptors (Lipinski definition) is 1. The summed E-state index contributed by atoms with van der Waals surface area (Å²) in [5.41, 5.74) is 0.806. The van der Waals surface area contributed by atoms with E-state index in [1.807, 2.05) is 0 Å². The predicted molar refractivity (Wildman–Crippen MR) is 47.2 cm³/mol. The van der Waals surface area contributed by atoms with Crippen LogP contribution in [0.4, 0.5) is 0 Å². The average Bonchev–Trinajstić information content (AvgIpc) is 1.87. The second-order valence-corrected chi connectivity index (χ2v) is 5.42. The van der Waals surface area contributed by atoms with Gasteiger partial charge in [0.25, 0.3) is 0 Å². The Morgan fingerprint density at radius 1 is 1.20 bits per heavy atom. The molecule has 58 valence electrons. The van der Waals surface area contributed by atoms with Crippen molar-refractivity contribution >= 4 is 8.58 Å². The van der Waals surface area contributed by atoms with Crippen LogP contribution < -0.4 is 0 Å². The zero-order valence-corrected chi connectivity index (χ0v) is 7.69. The lowest BCUT2D eigenvalue weighted by Gasteiger charge is -2.51. The molecule has 2 aliphatic rings. The molecular formula is C8H16NP. The normalized spacial score (nSPS) is 32.1. The minimum Gasteiger partial charge on any atom is -0.305 e. The van der Waals surface area contributed by atoms with E-state index in [1.165, 1.54) is 46.8 Å². The predicted octanol–water partition coefficient (Wildman–Crippen LogP) is 1.39. The van der Waals surface area contributed by atoms with Gasteiger partial charge in [-0.2, -0.15) is 0 Å². The molecule has 0 aromatic heterocycles. The standard InChI is InChI=1S/C8H16NP/c1-9-6-8(7-9)2-4-10-5-3-8/h10H,2-7H2,1H3. The number of rotatable bonds is 0. The summed E-state index contributed by atoms with van der Waals surface area (Å²) in [6, 6.07) is 0. The van der Waals surface area contributed by atoms with Crippen molar-refractivity contribution in [2.45, 2.75) is 12.8 Å². The van der Waals surface area contributed by atoms with E-state index >= 15 is 0 Å². The van der Waals surface area contributed by atoms with Crippen LogP contribution in [0.25, 0.3) is 0 Å². The van der Waals surface area contributed by atoms with Gasteiger partial charge in [-0.05, 0) is 37.6 Å². The Morgan fingerprint density at radius 2 is 1.80 bits per heavy atom. The molecule has 2 heterocycles. The lowest BCUT2D eigenvalue weighted by Crippen LogP contribution is -2.55. The van der Waals surface area contributed by atoms with Gasteiger partial charge in [0, 0.05) is 13.1 Å². The van der Waals surface area contributed by atoms with Crippen molar-refractivity contribution in [1.29, 1.82) is 0 Å². The molecule has 10 heavy (non-hydrogen) atoms. The molecule has 0 unspecified atom stereocenters. The van der Waals surface area contributed by atoms with Crippen LogP contribution in [0.2, 0.25) is 0 Å². The zero-order chi connectivity index (χ0) is 7.03. The van der Waals surface area contributed by atoms with Crippen molar-refractivity contribution in [2.75, 3.05) is 32.5 Å². The monoisotopic (exact) mass is 157 g/mol. The molecule has 2 fully saturated rings. The van der Waals surface area contributed by atoms with Gasteiger partial charge >= 0.3 is 0 Å². The van der Waals surface area contributed by atoms with Crippen molar-refractivity contribution in [2.24, 2.45) is 5.41 Å². The lowest BCUT2D eigenvalue weighted by atomic mass is 9.75. The molecule has 0 N–H and O–H groups in total. The minimum atomic E-state index is 0.806. The van der Waals surface area contributed by atoms with Gasteiger partial charge in [-0.3, -0.25) is 0 Å². The summed E-state index contributed by atoms with van der Waals surface area (Å²) in [5.74, 6) is 0. The third-order valence-electron chi connectivity index (χ3n) is 2.87. The van der Waals surface area contributed by atoms with Crippen LogP contribution in [-0.2, 0) is 0 Å². The van der Waals surface area contributed by atoms with Crippen LogP contribution in [0, 0.1) is 5.41 Å². The van der Waals surface area contributed by atoms with Gasteiger partial charge in [0.1, 0.15) is 0 Å². The highest BCUT2D eigenvalue weighted by Crippen LogP contribution is 2.43. The molecule has 0 aliphatic carbocycles. The highest BCUT2D eigenvalue weighted by molar-refractivity contribution is 7.38. The Balaban J connectivity index is 1.90. The van der Waals surface area contributed by atoms with E-state index in [-0.39, 0.29) is 0 Å². The third kappa shape index (κ3) is 1.10. The van der Waals surface area contributed by atoms with Gasteiger partial charge in [-0.1, -0.05) is 0 Å². The van der Waals surface area contributed by atoms with Crippen molar-refractivity contribution < 1.29 is 0 Å². The SMILES string of the molecule is CN1CC2(CCPCC2)C1. The zero-order valence-electron chi connectivity index (χ0n) is 6.69. The number of nitrogens with zero attached hydrogens (tertiary/aromatic N) is 1. The molecule has 2 heteroatoms. The van der Waals surface area contributed by atoms with Crippen LogP contribution in [0.15, 0.2) is 0 Å². The molecule has 0 aromatic carbocycles. The minimum absolute atomic E-state index is 0.806. The second-order valence-electron chi connectivity index (χ2n) is 3.92. The van der Waals surface area contributed by atoms with Gasteiger partial charge in [0.15, 0.2) is 0 Å². The molecule has 0 saturated carbocycles. The second kappa shape index (κ2) is 2.46. The first-order chi connectivity index (χ1) is 4.81. The average molecular weight is 157 g/mol. The molecule has 0 bridgehead atoms. The van der Waals surface area contributed by atoms with Gasteiger partial charge < -0.3 is 4.90 Å². The smallest absolute Gasteiger partial charge is 0.00477 e. The van der Waals surface area contributed by atoms with E-state index in [1.54, 1.807) is 0 Å². The molecule has 0 atom stereocenters. The van der Waals surface area contributed by atoms with Crippen molar-refractivity contribution in [1.82, 2.24) is 4.90 Å². The molecule has 1 nitrogen and oxygen atoms in total. The summed E-state index contributed by atoms with van der Waals surface area (Å²) in [7, 11) is 3.52. The van der Waals surface area contributed by atoms with Crippen LogP contribution in [-0.4, -0.2) is 37.4 Å². The number of hydrogen-bond donors (Lipinski definition) is 0. The van der Waals surface area contributed by atoms with Gasteiger partial charge in [0.05, 0.1) is 0 Å². The Morgan fingerprint density at radius 3 is 2.30 bits per heavy atom. The summed E-state index contributed by atoms with van der Waals surface area (Å²) in [6.45, 7) is 2.77. The first-order valence-corrected chi connectivity index (χ1v) is 5.62. The maximum absolute atomic E-state index is 2.45. The molecular weight excluding hydrogens is 141 g/mol. The van der Waals surface area contributed by atoms with E-state index in [9.17, 15) is 0 Å². The van der Waals surface area contributed by atoms with Crippen molar-refractivity contribution in [3.8, 4) is 0 Å². The summed E-state index contributed by atoms with van der Waals surface area (Å²) in [5, 5.41) is 0. The fraction of sp³-hybridized carbons (Fsp3) is 1.00. The van der Waals surface area contributed by atoms with Crippen molar-refractivity contribution in [3.05, 3.63) is 0 Å². The molecule has 2 rings (SSSR count). The number of likely N-dealkylation sites (tertiary alicyclic amines) is 1. The van der Waals surface area contributed by atoms with Crippen molar-refractivity contribution in [3.63, 3.8) is 0 Å². The molecule has 0 amide bonds. The largest absolute Gasteiger partial charge is 0.305 e.